The van der Waals surface area contributed by atoms with Crippen LogP contribution in [0.3, 0.4) is 0 Å². The number of fused-ring (bicyclic) bond motifs is 26. The summed E-state index contributed by atoms with van der Waals surface area (Å²) in [5, 5.41) is 15.9. The van der Waals surface area contributed by atoms with E-state index in [2.05, 4.69) is 451 Å². The molecule has 121 heavy (non-hydrogen) atoms. The Morgan fingerprint density at radius 3 is 1.06 bits per heavy atom. The minimum absolute atomic E-state index is 0.00820. The summed E-state index contributed by atoms with van der Waals surface area (Å²) >= 11 is 0. The Kier molecular flexibility index (Phi) is 18.5. The van der Waals surface area contributed by atoms with Gasteiger partial charge in [-0.2, -0.15) is 5.26 Å². The number of hydrogen-bond donors (Lipinski definition) is 0. The molecule has 0 amide bonds. The van der Waals surface area contributed by atoms with Crippen LogP contribution in [-0.4, -0.2) is 55.6 Å². The van der Waals surface area contributed by atoms with E-state index in [0.717, 1.165) is 72.8 Å². The number of hydrogen-bond acceptors (Lipinski definition) is 4. The molecular formula is C108H99N13. The van der Waals surface area contributed by atoms with E-state index in [4.69, 9.17) is 20.2 Å². The molecule has 9 aromatic heterocycles. The van der Waals surface area contributed by atoms with Gasteiger partial charge in [0.2, 0.25) is 17.3 Å². The molecule has 23 aromatic rings. The largest absolute Gasteiger partial charge is 0.334 e. The highest BCUT2D eigenvalue weighted by Crippen LogP contribution is 2.46. The number of nitrogens with zero attached hydrogens (tertiary/aromatic N) is 13. The summed E-state index contributed by atoms with van der Waals surface area (Å²) in [6, 6.07) is 118. The first-order valence-electron chi connectivity index (χ1n) is 42.0. The second-order valence-corrected chi connectivity index (χ2v) is 36.8. The second kappa shape index (κ2) is 29.1. The van der Waals surface area contributed by atoms with Gasteiger partial charge in [0.1, 0.15) is 5.52 Å². The van der Waals surface area contributed by atoms with Gasteiger partial charge in [0, 0.05) is 93.4 Å². The minimum Gasteiger partial charge on any atom is -0.334 e. The van der Waals surface area contributed by atoms with Crippen LogP contribution in [0, 0.1) is 16.7 Å². The van der Waals surface area contributed by atoms with Gasteiger partial charge in [0.05, 0.1) is 88.8 Å². The molecule has 0 saturated heterocycles. The summed E-state index contributed by atoms with van der Waals surface area (Å²) in [6.45, 7) is 32.9. The van der Waals surface area contributed by atoms with Crippen molar-refractivity contribution in [2.24, 2.45) is 5.41 Å². The van der Waals surface area contributed by atoms with Crippen LogP contribution in [0.25, 0.3) is 183 Å². The average Bonchev–Trinajstić information content (AvgIpc) is 1.54. The zero-order chi connectivity index (χ0) is 83.8. The molecule has 0 atom stereocenters. The standard InChI is InChI=1S/2C29H24N4.C28H25N.C17H17N3.C5H9N/c1-29(2,3)33-23-14-8-7-13-20(23)21-17-18-22-27(26(21)33)32-25-16-10-9-15-24(25)31(28(32)30-22)19-11-5-4-6-12-19;1-29(2,3)33-22-14-8-7-13-20(22)21-17-18-25-26(27(21)33)30-28-31(19-11-5-4-6-12-19)23-15-9-10-16-24(23)32(25)28;1-28(2,3)29-26-22(20-12-6-4-7-13-20)16-10-18-24(26)25-19-11-17-23(27(25)29)21-14-8-5-9-15-21;1-17(2,3)20-15-11-7-6-10-14(15)19-13-9-5-4-8-12(13)18-16(19)20;1-5(2,3)4-6/h2*4-18H,1-3H3;4-19H,1-3H3;4-11H,1-3H3;1-3H3. The molecule has 596 valence electrons. The van der Waals surface area contributed by atoms with E-state index >= 15 is 0 Å². The van der Waals surface area contributed by atoms with Gasteiger partial charge in [-0.15, -0.1) is 0 Å². The Hall–Kier alpha value is -14.2. The lowest BCUT2D eigenvalue weighted by atomic mass is 10.0. The highest BCUT2D eigenvalue weighted by atomic mass is 15.3. The first-order valence-corrected chi connectivity index (χ1v) is 42.0. The van der Waals surface area contributed by atoms with Crippen molar-refractivity contribution in [2.45, 2.75) is 126 Å². The molecule has 13 heteroatoms. The number of aromatic nitrogens is 12. The van der Waals surface area contributed by atoms with E-state index in [1.807, 2.05) is 26.8 Å². The number of benzene rings is 14. The van der Waals surface area contributed by atoms with Gasteiger partial charge in [0.15, 0.2) is 0 Å². The van der Waals surface area contributed by atoms with Crippen LogP contribution >= 0.6 is 0 Å². The smallest absolute Gasteiger partial charge is 0.220 e. The Balaban J connectivity index is 0.000000105. The van der Waals surface area contributed by atoms with Crippen molar-refractivity contribution in [3.8, 4) is 39.7 Å². The van der Waals surface area contributed by atoms with Crippen LogP contribution in [-0.2, 0) is 22.2 Å². The van der Waals surface area contributed by atoms with Crippen LogP contribution in [0.15, 0.2) is 328 Å². The predicted molar refractivity (Wildman–Crippen MR) is 509 cm³/mol. The maximum Gasteiger partial charge on any atom is 0.220 e. The van der Waals surface area contributed by atoms with Crippen molar-refractivity contribution in [1.82, 2.24) is 55.6 Å². The van der Waals surface area contributed by atoms with Crippen LogP contribution in [0.1, 0.15) is 104 Å². The summed E-state index contributed by atoms with van der Waals surface area (Å²) in [6.07, 6.45) is 0. The molecule has 0 saturated carbocycles. The van der Waals surface area contributed by atoms with Crippen LogP contribution < -0.4 is 0 Å². The molecule has 0 aliphatic carbocycles. The van der Waals surface area contributed by atoms with Gasteiger partial charge in [0.25, 0.3) is 0 Å². The molecule has 14 aromatic carbocycles. The van der Waals surface area contributed by atoms with Gasteiger partial charge < -0.3 is 18.3 Å². The number of imidazole rings is 6. The van der Waals surface area contributed by atoms with Gasteiger partial charge in [-0.3, -0.25) is 22.3 Å². The molecule has 0 spiro atoms. The third kappa shape index (κ3) is 12.9. The van der Waals surface area contributed by atoms with Crippen molar-refractivity contribution in [2.75, 3.05) is 0 Å². The van der Waals surface area contributed by atoms with Crippen LogP contribution in [0.2, 0.25) is 0 Å². The number of para-hydroxylation sites is 14. The SMILES string of the molecule is CC(C)(C)C#N.CC(C)(C)n1c2c(-c3ccccc3)cccc2c2cccc(-c3ccccc3)c21.CC(C)(C)n1c2ccccc2c2ccc3c(nc4n(-c5ccccc5)c5ccccc5n34)c21.CC(C)(C)n1c2ccccc2c2ccc3nc4n(-c5ccccc5)c5ccccc5n4c3c21.CC(C)(C)n1c2ccccc2n2c3ccccc3nc12. The minimum atomic E-state index is -0.153. The normalized spacial score (nSPS) is 12.4. The fraction of sp³-hybridized carbons (Fsp3) is 0.185. The Bertz CT molecular complexity index is 7820. The lowest BCUT2D eigenvalue weighted by Crippen LogP contribution is -2.22. The quantitative estimate of drug-likeness (QED) is 0.175. The molecule has 0 fully saturated rings. The lowest BCUT2D eigenvalue weighted by Gasteiger charge is -2.26. The Morgan fingerprint density at radius 1 is 0.231 bits per heavy atom. The van der Waals surface area contributed by atoms with E-state index < -0.39 is 0 Å². The predicted octanol–water partition coefficient (Wildman–Crippen LogP) is 28.2. The van der Waals surface area contributed by atoms with E-state index in [1.54, 1.807) is 0 Å². The van der Waals surface area contributed by atoms with Gasteiger partial charge >= 0.3 is 0 Å². The third-order valence-corrected chi connectivity index (χ3v) is 23.1. The molecule has 0 radical (unpaired) electrons. The van der Waals surface area contributed by atoms with E-state index in [-0.39, 0.29) is 27.6 Å². The zero-order valence-corrected chi connectivity index (χ0v) is 71.5. The molecule has 23 rings (SSSR count). The Labute approximate surface area is 704 Å². The summed E-state index contributed by atoms with van der Waals surface area (Å²) in [5.74, 6) is 2.89. The molecule has 9 heterocycles. The van der Waals surface area contributed by atoms with E-state index in [9.17, 15) is 0 Å². The van der Waals surface area contributed by atoms with E-state index in [1.165, 1.54) is 110 Å². The van der Waals surface area contributed by atoms with Crippen molar-refractivity contribution in [3.63, 3.8) is 0 Å². The molecule has 0 aliphatic rings. The second-order valence-electron chi connectivity index (χ2n) is 36.8. The van der Waals surface area contributed by atoms with Gasteiger partial charge in [-0.1, -0.05) is 218 Å². The maximum atomic E-state index is 8.15. The van der Waals surface area contributed by atoms with Crippen LogP contribution in [0.4, 0.5) is 0 Å². The van der Waals surface area contributed by atoms with Crippen molar-refractivity contribution >= 4 is 149 Å². The lowest BCUT2D eigenvalue weighted by molar-refractivity contribution is 0.419. The molecule has 0 aliphatic heterocycles. The average molecular weight is 1580 g/mol. The number of nitriles is 1. The number of rotatable bonds is 4. The van der Waals surface area contributed by atoms with E-state index in [0.29, 0.717) is 0 Å². The summed E-state index contributed by atoms with van der Waals surface area (Å²) in [7, 11) is 0. The van der Waals surface area contributed by atoms with Gasteiger partial charge in [-0.05, 0) is 224 Å². The summed E-state index contributed by atoms with van der Waals surface area (Å²) < 4.78 is 21.3. The molecular weight excluding hydrogens is 1480 g/mol. The monoisotopic (exact) mass is 1580 g/mol. The van der Waals surface area contributed by atoms with Crippen molar-refractivity contribution in [3.05, 3.63) is 328 Å². The topological polar surface area (TPSA) is 105 Å². The maximum absolute atomic E-state index is 8.15. The van der Waals surface area contributed by atoms with Gasteiger partial charge in [-0.25, -0.2) is 15.0 Å². The highest BCUT2D eigenvalue weighted by Gasteiger charge is 2.31. The molecule has 13 nitrogen and oxygen atoms in total. The molecule has 0 N–H and O–H groups in total. The first-order chi connectivity index (χ1) is 58.3. The summed E-state index contributed by atoms with van der Waals surface area (Å²) in [5.41, 5.74) is 28.2. The fourth-order valence-electron chi connectivity index (χ4n) is 18.4. The zero-order valence-electron chi connectivity index (χ0n) is 71.5. The van der Waals surface area contributed by atoms with Crippen molar-refractivity contribution < 1.29 is 0 Å². The van der Waals surface area contributed by atoms with Crippen molar-refractivity contribution in [1.29, 1.82) is 5.26 Å². The first kappa shape index (κ1) is 76.7. The van der Waals surface area contributed by atoms with Crippen LogP contribution in [0.5, 0.6) is 0 Å². The fourth-order valence-corrected chi connectivity index (χ4v) is 18.4. The third-order valence-electron chi connectivity index (χ3n) is 23.1. The Morgan fingerprint density at radius 2 is 0.579 bits per heavy atom. The molecule has 0 bridgehead atoms. The highest BCUT2D eigenvalue weighted by molar-refractivity contribution is 6.20. The summed E-state index contributed by atoms with van der Waals surface area (Å²) in [4.78, 5) is 15.4. The molecule has 0 unspecified atom stereocenters.